The maximum atomic E-state index is 12.5. The van der Waals surface area contributed by atoms with Crippen LogP contribution >= 0.6 is 39.7 Å². The van der Waals surface area contributed by atoms with Gasteiger partial charge in [0, 0.05) is 15.2 Å². The first kappa shape index (κ1) is 18.7. The lowest BCUT2D eigenvalue weighted by Gasteiger charge is -2.15. The van der Waals surface area contributed by atoms with Crippen LogP contribution in [0.4, 0.5) is 5.69 Å². The monoisotopic (exact) mass is 426 g/mol. The number of hydrogen-bond acceptors (Lipinski definition) is 3. The molecular weight excluding hydrogens is 412 g/mol. The molecule has 24 heavy (non-hydrogen) atoms. The van der Waals surface area contributed by atoms with E-state index >= 15 is 0 Å². The van der Waals surface area contributed by atoms with E-state index in [0.29, 0.717) is 16.3 Å². The van der Waals surface area contributed by atoms with Gasteiger partial charge in [0.1, 0.15) is 5.75 Å². The van der Waals surface area contributed by atoms with Crippen molar-refractivity contribution >= 4 is 56.5 Å². The number of nitrogens with one attached hydrogen (secondary N) is 2. The summed E-state index contributed by atoms with van der Waals surface area (Å²) in [4.78, 5) is 12.5. The Balaban J connectivity index is 2.09. The van der Waals surface area contributed by atoms with Crippen molar-refractivity contribution in [1.82, 2.24) is 5.32 Å². The third kappa shape index (κ3) is 5.47. The second-order valence-corrected chi connectivity index (χ2v) is 6.98. The number of thiocarbonyl (C=S) groups is 1. The molecular formula is C17H16BrClN2O2S. The number of carbonyl (C=O) groups is 1. The van der Waals surface area contributed by atoms with Crippen LogP contribution in [-0.2, 0) is 0 Å². The molecule has 0 heterocycles. The SMILES string of the molecule is CC(C)Oc1ccc(Br)cc1C(=O)NC(=S)Nc1ccc(Cl)cc1. The van der Waals surface area contributed by atoms with Gasteiger partial charge in [-0.2, -0.15) is 0 Å². The van der Waals surface area contributed by atoms with Gasteiger partial charge in [0.25, 0.3) is 5.91 Å². The van der Waals surface area contributed by atoms with Gasteiger partial charge in [-0.15, -0.1) is 0 Å². The molecule has 0 aliphatic rings. The lowest BCUT2D eigenvalue weighted by molar-refractivity contribution is 0.0972. The zero-order chi connectivity index (χ0) is 17.7. The Labute approximate surface area is 159 Å². The minimum absolute atomic E-state index is 0.0446. The molecule has 126 valence electrons. The van der Waals surface area contributed by atoms with Crippen molar-refractivity contribution < 1.29 is 9.53 Å². The maximum absolute atomic E-state index is 12.5. The molecule has 1 amide bonds. The van der Waals surface area contributed by atoms with Crippen LogP contribution in [-0.4, -0.2) is 17.1 Å². The van der Waals surface area contributed by atoms with E-state index in [4.69, 9.17) is 28.6 Å². The van der Waals surface area contributed by atoms with E-state index < -0.39 is 0 Å². The summed E-state index contributed by atoms with van der Waals surface area (Å²) in [6, 6.07) is 12.3. The summed E-state index contributed by atoms with van der Waals surface area (Å²) in [5.74, 6) is 0.151. The molecule has 0 aliphatic carbocycles. The van der Waals surface area contributed by atoms with E-state index in [1.54, 1.807) is 36.4 Å². The topological polar surface area (TPSA) is 50.4 Å². The Hall–Kier alpha value is -1.63. The van der Waals surface area contributed by atoms with Crippen LogP contribution < -0.4 is 15.4 Å². The minimum atomic E-state index is -0.349. The van der Waals surface area contributed by atoms with Gasteiger partial charge in [0.15, 0.2) is 5.11 Å². The normalized spacial score (nSPS) is 10.4. The highest BCUT2D eigenvalue weighted by molar-refractivity contribution is 9.10. The maximum Gasteiger partial charge on any atom is 0.261 e. The summed E-state index contributed by atoms with van der Waals surface area (Å²) >= 11 is 14.4. The predicted octanol–water partition coefficient (Wildman–Crippen LogP) is 5.02. The van der Waals surface area contributed by atoms with Gasteiger partial charge in [0.2, 0.25) is 0 Å². The van der Waals surface area contributed by atoms with Crippen molar-refractivity contribution in [3.05, 3.63) is 57.5 Å². The van der Waals surface area contributed by atoms with Crippen molar-refractivity contribution in [1.29, 1.82) is 0 Å². The van der Waals surface area contributed by atoms with Gasteiger partial charge < -0.3 is 10.1 Å². The molecule has 0 aromatic heterocycles. The molecule has 0 bridgehead atoms. The Morgan fingerprint density at radius 3 is 2.50 bits per heavy atom. The number of halogens is 2. The Bertz CT molecular complexity index is 751. The molecule has 2 aromatic rings. The highest BCUT2D eigenvalue weighted by Gasteiger charge is 2.15. The second-order valence-electron chi connectivity index (χ2n) is 5.22. The Kier molecular flexibility index (Phi) is 6.60. The van der Waals surface area contributed by atoms with Crippen LogP contribution in [0.3, 0.4) is 0 Å². The fraction of sp³-hybridized carbons (Fsp3) is 0.176. The van der Waals surface area contributed by atoms with E-state index in [9.17, 15) is 4.79 Å². The van der Waals surface area contributed by atoms with E-state index in [1.807, 2.05) is 19.9 Å². The van der Waals surface area contributed by atoms with Crippen molar-refractivity contribution in [2.75, 3.05) is 5.32 Å². The van der Waals surface area contributed by atoms with Crippen LogP contribution in [0.5, 0.6) is 5.75 Å². The number of amides is 1. The number of rotatable bonds is 4. The van der Waals surface area contributed by atoms with Crippen molar-refractivity contribution in [2.45, 2.75) is 20.0 Å². The molecule has 0 spiro atoms. The fourth-order valence-corrected chi connectivity index (χ4v) is 2.60. The van der Waals surface area contributed by atoms with Crippen LogP contribution in [0.2, 0.25) is 5.02 Å². The fourth-order valence-electron chi connectivity index (χ4n) is 1.90. The first-order chi connectivity index (χ1) is 11.3. The molecule has 2 rings (SSSR count). The molecule has 7 heteroatoms. The molecule has 0 fully saturated rings. The van der Waals surface area contributed by atoms with E-state index in [2.05, 4.69) is 26.6 Å². The number of carbonyl (C=O) groups excluding carboxylic acids is 1. The van der Waals surface area contributed by atoms with E-state index in [0.717, 1.165) is 10.2 Å². The summed E-state index contributed by atoms with van der Waals surface area (Å²) in [6.45, 7) is 3.80. The average molecular weight is 428 g/mol. The molecule has 0 atom stereocenters. The average Bonchev–Trinajstić information content (AvgIpc) is 2.50. The molecule has 0 unspecified atom stereocenters. The highest BCUT2D eigenvalue weighted by Crippen LogP contribution is 2.24. The van der Waals surface area contributed by atoms with Gasteiger partial charge in [-0.25, -0.2) is 0 Å². The lowest BCUT2D eigenvalue weighted by Crippen LogP contribution is -2.34. The summed E-state index contributed by atoms with van der Waals surface area (Å²) in [5.41, 5.74) is 1.14. The summed E-state index contributed by atoms with van der Waals surface area (Å²) in [6.07, 6.45) is -0.0446. The Morgan fingerprint density at radius 2 is 1.88 bits per heavy atom. The van der Waals surface area contributed by atoms with Crippen molar-refractivity contribution in [3.8, 4) is 5.75 Å². The van der Waals surface area contributed by atoms with Gasteiger partial charge in [-0.05, 0) is 68.5 Å². The third-order valence-electron chi connectivity index (χ3n) is 2.88. The van der Waals surface area contributed by atoms with E-state index in [-0.39, 0.29) is 17.1 Å². The van der Waals surface area contributed by atoms with Gasteiger partial charge >= 0.3 is 0 Å². The molecule has 4 nitrogen and oxygen atoms in total. The number of ether oxygens (including phenoxy) is 1. The van der Waals surface area contributed by atoms with Gasteiger partial charge in [-0.3, -0.25) is 10.1 Å². The largest absolute Gasteiger partial charge is 0.490 e. The van der Waals surface area contributed by atoms with Gasteiger partial charge in [0.05, 0.1) is 11.7 Å². The predicted molar refractivity (Wildman–Crippen MR) is 105 cm³/mol. The lowest BCUT2D eigenvalue weighted by atomic mass is 10.2. The van der Waals surface area contributed by atoms with Crippen LogP contribution in [0.25, 0.3) is 0 Å². The smallest absolute Gasteiger partial charge is 0.261 e. The molecule has 0 saturated heterocycles. The highest BCUT2D eigenvalue weighted by atomic mass is 79.9. The molecule has 0 aliphatic heterocycles. The third-order valence-corrected chi connectivity index (χ3v) is 3.83. The first-order valence-corrected chi connectivity index (χ1v) is 8.77. The summed E-state index contributed by atoms with van der Waals surface area (Å²) in [7, 11) is 0. The number of anilines is 1. The van der Waals surface area contributed by atoms with E-state index in [1.165, 1.54) is 0 Å². The van der Waals surface area contributed by atoms with Gasteiger partial charge in [-0.1, -0.05) is 27.5 Å². The summed E-state index contributed by atoms with van der Waals surface area (Å²) < 4.78 is 6.45. The Morgan fingerprint density at radius 1 is 1.21 bits per heavy atom. The summed E-state index contributed by atoms with van der Waals surface area (Å²) in [5, 5.41) is 6.40. The zero-order valence-corrected chi connectivity index (χ0v) is 16.3. The molecule has 2 N–H and O–H groups in total. The molecule has 0 saturated carbocycles. The van der Waals surface area contributed by atoms with Crippen molar-refractivity contribution in [3.63, 3.8) is 0 Å². The van der Waals surface area contributed by atoms with Crippen molar-refractivity contribution in [2.24, 2.45) is 0 Å². The van der Waals surface area contributed by atoms with Crippen LogP contribution in [0.1, 0.15) is 24.2 Å². The second kappa shape index (κ2) is 8.46. The quantitative estimate of drug-likeness (QED) is 0.673. The molecule has 0 radical (unpaired) electrons. The number of benzene rings is 2. The van der Waals surface area contributed by atoms with Crippen LogP contribution in [0.15, 0.2) is 46.9 Å². The van der Waals surface area contributed by atoms with Crippen LogP contribution in [0, 0.1) is 0 Å². The first-order valence-electron chi connectivity index (χ1n) is 7.19. The molecule has 2 aromatic carbocycles. The minimum Gasteiger partial charge on any atom is -0.490 e. The zero-order valence-electron chi connectivity index (χ0n) is 13.1. The number of hydrogen-bond donors (Lipinski definition) is 2. The standard InChI is InChI=1S/C17H16BrClN2O2S/c1-10(2)23-15-8-3-11(18)9-14(15)16(22)21-17(24)20-13-6-4-12(19)5-7-13/h3-10H,1-2H3,(H2,20,21,22,24).